The minimum atomic E-state index is -4.96. The van der Waals surface area contributed by atoms with Crippen LogP contribution >= 0.6 is 12.2 Å². The molecule has 3 aliphatic heterocycles. The Morgan fingerprint density at radius 2 is 1.73 bits per heavy atom. The van der Waals surface area contributed by atoms with Gasteiger partial charge in [-0.1, -0.05) is 37.6 Å². The summed E-state index contributed by atoms with van der Waals surface area (Å²) in [5.41, 5.74) is -2.27. The summed E-state index contributed by atoms with van der Waals surface area (Å²) >= 11 is 5.53. The Labute approximate surface area is 240 Å². The molecule has 0 aromatic heterocycles. The topological polar surface area (TPSA) is 36.5 Å². The number of piperidine rings is 3. The Kier molecular flexibility index (Phi) is 8.13. The number of fused-ring (bicyclic) bond motifs is 4. The summed E-state index contributed by atoms with van der Waals surface area (Å²) in [5, 5.41) is 7.76. The standard InChI is InChI=1S/C30H31F6N3OS/c1-3-17-16-39-10-9-19(17)11-26(39)27(24-6-4-5-18-7-8-23(40-2)15-25(18)24)38-28(41)37-22-13-20(29(31,32)33)12-21(14-22)30(34,35)36/h4-8,12-15,17,19,26-27H,3,9-11,16H2,1-2H3,(H2,37,38,41)/t17?,19?,26-,27-/m1/s1. The summed E-state index contributed by atoms with van der Waals surface area (Å²) < 4.78 is 86.1. The van der Waals surface area contributed by atoms with E-state index in [9.17, 15) is 26.3 Å². The van der Waals surface area contributed by atoms with E-state index in [4.69, 9.17) is 17.0 Å². The summed E-state index contributed by atoms with van der Waals surface area (Å²) in [4.78, 5) is 2.43. The fourth-order valence-electron chi connectivity index (χ4n) is 6.38. The van der Waals surface area contributed by atoms with Crippen molar-refractivity contribution in [1.82, 2.24) is 10.2 Å². The third-order valence-electron chi connectivity index (χ3n) is 8.44. The van der Waals surface area contributed by atoms with Crippen molar-refractivity contribution in [3.05, 3.63) is 71.3 Å². The molecule has 6 rings (SSSR count). The van der Waals surface area contributed by atoms with E-state index in [1.807, 2.05) is 36.4 Å². The molecule has 41 heavy (non-hydrogen) atoms. The van der Waals surface area contributed by atoms with Crippen LogP contribution in [-0.2, 0) is 12.4 Å². The minimum absolute atomic E-state index is 0.0281. The highest BCUT2D eigenvalue weighted by Gasteiger charge is 2.43. The lowest BCUT2D eigenvalue weighted by molar-refractivity contribution is -0.143. The highest BCUT2D eigenvalue weighted by Crippen LogP contribution is 2.43. The third kappa shape index (κ3) is 6.25. The molecular formula is C30H31F6N3OS. The molecule has 0 amide bonds. The minimum Gasteiger partial charge on any atom is -0.497 e. The number of hydrogen-bond donors (Lipinski definition) is 2. The van der Waals surface area contributed by atoms with E-state index in [0.29, 0.717) is 29.7 Å². The van der Waals surface area contributed by atoms with Crippen molar-refractivity contribution < 1.29 is 31.1 Å². The largest absolute Gasteiger partial charge is 0.497 e. The van der Waals surface area contributed by atoms with Crippen LogP contribution in [0.25, 0.3) is 10.8 Å². The molecule has 3 saturated heterocycles. The van der Waals surface area contributed by atoms with Gasteiger partial charge in [0.15, 0.2) is 5.11 Å². The number of hydrogen-bond acceptors (Lipinski definition) is 3. The van der Waals surface area contributed by atoms with Crippen LogP contribution in [0.1, 0.15) is 48.9 Å². The second-order valence-corrected chi connectivity index (χ2v) is 11.2. The molecule has 3 aromatic rings. The van der Waals surface area contributed by atoms with Crippen molar-refractivity contribution in [2.75, 3.05) is 25.5 Å². The van der Waals surface area contributed by atoms with Crippen LogP contribution in [0.3, 0.4) is 0 Å². The molecule has 5 atom stereocenters. The molecule has 3 aliphatic rings. The van der Waals surface area contributed by atoms with Crippen LogP contribution in [0.4, 0.5) is 32.0 Å². The van der Waals surface area contributed by atoms with Crippen LogP contribution in [0, 0.1) is 11.8 Å². The van der Waals surface area contributed by atoms with Gasteiger partial charge < -0.3 is 15.4 Å². The van der Waals surface area contributed by atoms with E-state index >= 15 is 0 Å². The first-order valence-corrected chi connectivity index (χ1v) is 14.0. The third-order valence-corrected chi connectivity index (χ3v) is 8.66. The number of ether oxygens (including phenoxy) is 1. The van der Waals surface area contributed by atoms with Crippen LogP contribution in [0.2, 0.25) is 0 Å². The van der Waals surface area contributed by atoms with Gasteiger partial charge in [0.2, 0.25) is 0 Å². The highest BCUT2D eigenvalue weighted by molar-refractivity contribution is 7.80. The molecule has 2 bridgehead atoms. The zero-order valence-electron chi connectivity index (χ0n) is 22.6. The van der Waals surface area contributed by atoms with Crippen molar-refractivity contribution in [3.63, 3.8) is 0 Å². The molecule has 3 unspecified atom stereocenters. The molecule has 3 heterocycles. The van der Waals surface area contributed by atoms with Crippen molar-refractivity contribution in [1.29, 1.82) is 0 Å². The number of nitrogens with zero attached hydrogens (tertiary/aromatic N) is 1. The normalized spacial score (nSPS) is 23.3. The Morgan fingerprint density at radius 1 is 1.02 bits per heavy atom. The van der Waals surface area contributed by atoms with Gasteiger partial charge in [0.25, 0.3) is 0 Å². The number of methoxy groups -OCH3 is 1. The van der Waals surface area contributed by atoms with Gasteiger partial charge in [-0.3, -0.25) is 4.90 Å². The molecule has 4 nitrogen and oxygen atoms in total. The Balaban J connectivity index is 1.51. The lowest BCUT2D eigenvalue weighted by Crippen LogP contribution is -2.58. The van der Waals surface area contributed by atoms with Crippen molar-refractivity contribution in [2.45, 2.75) is 50.6 Å². The number of thiocarbonyl (C=S) groups is 1. The maximum Gasteiger partial charge on any atom is 0.416 e. The lowest BCUT2D eigenvalue weighted by atomic mass is 9.72. The molecule has 0 spiro atoms. The summed E-state index contributed by atoms with van der Waals surface area (Å²) in [7, 11) is 1.58. The predicted octanol–water partition coefficient (Wildman–Crippen LogP) is 8.03. The molecule has 3 fully saturated rings. The highest BCUT2D eigenvalue weighted by atomic mass is 32.1. The first kappa shape index (κ1) is 29.4. The predicted molar refractivity (Wildman–Crippen MR) is 151 cm³/mol. The van der Waals surface area contributed by atoms with E-state index in [1.165, 1.54) is 0 Å². The van der Waals surface area contributed by atoms with Gasteiger partial charge in [0.1, 0.15) is 5.75 Å². The zero-order valence-corrected chi connectivity index (χ0v) is 23.4. The number of benzene rings is 3. The average molecular weight is 596 g/mol. The second-order valence-electron chi connectivity index (χ2n) is 10.8. The molecule has 220 valence electrons. The van der Waals surface area contributed by atoms with Crippen molar-refractivity contribution in [2.24, 2.45) is 11.8 Å². The van der Waals surface area contributed by atoms with E-state index in [1.54, 1.807) is 7.11 Å². The molecule has 3 aromatic carbocycles. The molecule has 0 radical (unpaired) electrons. The van der Waals surface area contributed by atoms with Gasteiger partial charge in [0.05, 0.1) is 24.3 Å². The maximum atomic E-state index is 13.4. The quantitative estimate of drug-likeness (QED) is 0.223. The number of halogens is 6. The van der Waals surface area contributed by atoms with Gasteiger partial charge in [-0.25, -0.2) is 0 Å². The lowest BCUT2D eigenvalue weighted by Gasteiger charge is -2.52. The van der Waals surface area contributed by atoms with E-state index in [0.717, 1.165) is 48.7 Å². The first-order chi connectivity index (χ1) is 19.4. The number of alkyl halides is 6. The van der Waals surface area contributed by atoms with Gasteiger partial charge in [-0.15, -0.1) is 0 Å². The van der Waals surface area contributed by atoms with Gasteiger partial charge >= 0.3 is 12.4 Å². The van der Waals surface area contributed by atoms with Gasteiger partial charge in [-0.05, 0) is 90.1 Å². The molecular weight excluding hydrogens is 564 g/mol. The Morgan fingerprint density at radius 3 is 2.32 bits per heavy atom. The van der Waals surface area contributed by atoms with Crippen molar-refractivity contribution in [3.8, 4) is 5.75 Å². The van der Waals surface area contributed by atoms with Crippen LogP contribution in [0.5, 0.6) is 5.75 Å². The summed E-state index contributed by atoms with van der Waals surface area (Å²) in [6.07, 6.45) is -6.84. The smallest absolute Gasteiger partial charge is 0.416 e. The Hall–Kier alpha value is -3.05. The fourth-order valence-corrected chi connectivity index (χ4v) is 6.62. The number of rotatable bonds is 6. The molecule has 2 N–H and O–H groups in total. The average Bonchev–Trinajstić information content (AvgIpc) is 2.94. The summed E-state index contributed by atoms with van der Waals surface area (Å²) in [6.45, 7) is 4.04. The van der Waals surface area contributed by atoms with Crippen LogP contribution < -0.4 is 15.4 Å². The number of nitrogens with one attached hydrogen (secondary N) is 2. The van der Waals surface area contributed by atoms with Crippen LogP contribution in [-0.4, -0.2) is 36.3 Å². The fraction of sp³-hybridized carbons (Fsp3) is 0.433. The van der Waals surface area contributed by atoms with E-state index < -0.39 is 23.5 Å². The Bertz CT molecular complexity index is 1390. The van der Waals surface area contributed by atoms with E-state index in [2.05, 4.69) is 22.5 Å². The molecule has 11 heteroatoms. The zero-order chi connectivity index (χ0) is 29.5. The molecule has 0 aliphatic carbocycles. The monoisotopic (exact) mass is 595 g/mol. The molecule has 0 saturated carbocycles. The maximum absolute atomic E-state index is 13.4. The van der Waals surface area contributed by atoms with E-state index in [-0.39, 0.29) is 28.9 Å². The summed E-state index contributed by atoms with van der Waals surface area (Å²) in [5.74, 6) is 1.79. The van der Waals surface area contributed by atoms with Gasteiger partial charge in [0, 0.05) is 18.3 Å². The SMILES string of the molecule is CCC1CN2CCC1C[C@@H]2[C@H](NC(=S)Nc1cc(C(F)(F)F)cc(C(F)(F)F)c1)c1cccc2ccc(OC)cc12. The number of anilines is 1. The van der Waals surface area contributed by atoms with Crippen molar-refractivity contribution >= 4 is 33.8 Å². The van der Waals surface area contributed by atoms with Gasteiger partial charge in [-0.2, -0.15) is 26.3 Å². The second kappa shape index (κ2) is 11.3. The van der Waals surface area contributed by atoms with Crippen LogP contribution in [0.15, 0.2) is 54.6 Å². The first-order valence-electron chi connectivity index (χ1n) is 13.5. The summed E-state index contributed by atoms with van der Waals surface area (Å²) in [6, 6.07) is 12.7.